The van der Waals surface area contributed by atoms with Crippen LogP contribution in [0.25, 0.3) is 0 Å². The van der Waals surface area contributed by atoms with Crippen molar-refractivity contribution in [3.05, 3.63) is 11.6 Å². The van der Waals surface area contributed by atoms with Gasteiger partial charge in [0, 0.05) is 6.92 Å². The normalized spacial score (nSPS) is 10.8. The molecule has 0 aliphatic carbocycles. The molecule has 72 valence electrons. The molecule has 1 rings (SSSR count). The van der Waals surface area contributed by atoms with Crippen LogP contribution in [0.4, 0.5) is 0 Å². The molecule has 13 heavy (non-hydrogen) atoms. The Balaban J connectivity index is 2.89. The highest BCUT2D eigenvalue weighted by atomic mass is 16.2. The first-order valence-corrected chi connectivity index (χ1v) is 4.09. The number of rotatable bonds is 2. The van der Waals surface area contributed by atoms with E-state index in [0.29, 0.717) is 18.2 Å². The lowest BCUT2D eigenvalue weighted by Gasteiger charge is -2.03. The van der Waals surface area contributed by atoms with Crippen molar-refractivity contribution < 1.29 is 4.79 Å². The van der Waals surface area contributed by atoms with Gasteiger partial charge in [-0.15, -0.1) is 5.10 Å². The van der Waals surface area contributed by atoms with Crippen molar-refractivity contribution in [2.24, 2.45) is 0 Å². The number of hydrogen-bond acceptors (Lipinski definition) is 4. The molecule has 0 saturated carbocycles. The van der Waals surface area contributed by atoms with Crippen molar-refractivity contribution in [1.29, 1.82) is 0 Å². The Kier molecular flexibility index (Phi) is 2.77. The number of carbonyl (C=O) groups excluding carboxylic acids is 1. The van der Waals surface area contributed by atoms with Gasteiger partial charge in [-0.05, 0) is 21.0 Å². The van der Waals surface area contributed by atoms with E-state index in [9.17, 15) is 4.79 Å². The van der Waals surface area contributed by atoms with Gasteiger partial charge in [0.15, 0.2) is 5.82 Å². The molecule has 0 aromatic carbocycles. The van der Waals surface area contributed by atoms with E-state index in [4.69, 9.17) is 0 Å². The van der Waals surface area contributed by atoms with Crippen molar-refractivity contribution in [2.75, 3.05) is 14.1 Å². The molecule has 0 fully saturated rings. The van der Waals surface area contributed by atoms with Gasteiger partial charge >= 0.3 is 0 Å². The Morgan fingerprint density at radius 2 is 2.15 bits per heavy atom. The second-order valence-electron chi connectivity index (χ2n) is 3.24. The minimum absolute atomic E-state index is 0.102. The maximum atomic E-state index is 11.0. The molecule has 0 radical (unpaired) electrons. The third kappa shape index (κ3) is 2.35. The maximum absolute atomic E-state index is 11.0. The van der Waals surface area contributed by atoms with Crippen LogP contribution in [0.15, 0.2) is 0 Å². The Labute approximate surface area is 77.4 Å². The lowest BCUT2D eigenvalue weighted by Crippen LogP contribution is -2.13. The summed E-state index contributed by atoms with van der Waals surface area (Å²) < 4.78 is 1.32. The van der Waals surface area contributed by atoms with Gasteiger partial charge in [0.2, 0.25) is 5.91 Å². The fourth-order valence-electron chi connectivity index (χ4n) is 1.09. The first-order chi connectivity index (χ1) is 6.00. The number of aryl methyl sites for hydroxylation is 1. The second-order valence-corrected chi connectivity index (χ2v) is 3.24. The average Bonchev–Trinajstić information content (AvgIpc) is 2.29. The Hall–Kier alpha value is -1.23. The van der Waals surface area contributed by atoms with Crippen LogP contribution in [0.2, 0.25) is 0 Å². The summed E-state index contributed by atoms with van der Waals surface area (Å²) in [4.78, 5) is 17.1. The van der Waals surface area contributed by atoms with E-state index in [0.717, 1.165) is 0 Å². The fraction of sp³-hybridized carbons (Fsp3) is 0.625. The third-order valence-electron chi connectivity index (χ3n) is 1.57. The molecule has 0 unspecified atom stereocenters. The first-order valence-electron chi connectivity index (χ1n) is 4.09. The lowest BCUT2D eigenvalue weighted by atomic mass is 10.5. The molecule has 1 aromatic rings. The number of hydrogen-bond donors (Lipinski definition) is 0. The van der Waals surface area contributed by atoms with Crippen LogP contribution in [0, 0.1) is 6.92 Å². The zero-order chi connectivity index (χ0) is 10.0. The Morgan fingerprint density at radius 1 is 1.54 bits per heavy atom. The molecular weight excluding hydrogens is 168 g/mol. The van der Waals surface area contributed by atoms with E-state index < -0.39 is 0 Å². The van der Waals surface area contributed by atoms with Gasteiger partial charge in [-0.1, -0.05) is 0 Å². The quantitative estimate of drug-likeness (QED) is 0.660. The van der Waals surface area contributed by atoms with Crippen LogP contribution in [-0.2, 0) is 6.54 Å². The van der Waals surface area contributed by atoms with Gasteiger partial charge < -0.3 is 4.90 Å². The van der Waals surface area contributed by atoms with Gasteiger partial charge in [0.1, 0.15) is 5.82 Å². The minimum Gasteiger partial charge on any atom is -0.302 e. The molecule has 0 amide bonds. The molecule has 0 aliphatic rings. The summed E-state index contributed by atoms with van der Waals surface area (Å²) in [5.74, 6) is 1.22. The summed E-state index contributed by atoms with van der Waals surface area (Å²) in [6.45, 7) is 3.90. The predicted octanol–water partition coefficient (Wildman–Crippen LogP) is 0.308. The van der Waals surface area contributed by atoms with Gasteiger partial charge in [-0.25, -0.2) is 4.98 Å². The first kappa shape index (κ1) is 9.85. The topological polar surface area (TPSA) is 51.0 Å². The summed E-state index contributed by atoms with van der Waals surface area (Å²) in [5.41, 5.74) is 0. The average molecular weight is 182 g/mol. The summed E-state index contributed by atoms with van der Waals surface area (Å²) in [6, 6.07) is 0. The largest absolute Gasteiger partial charge is 0.302 e. The fourth-order valence-corrected chi connectivity index (χ4v) is 1.09. The molecule has 0 bridgehead atoms. The standard InChI is InChI=1S/C8H14N4O/c1-6-9-8(5-11(3)4)10-12(6)7(2)13/h5H2,1-4H3. The van der Waals surface area contributed by atoms with Crippen LogP contribution < -0.4 is 0 Å². The molecular formula is C8H14N4O. The number of aromatic nitrogens is 3. The molecule has 5 heteroatoms. The van der Waals surface area contributed by atoms with E-state index in [-0.39, 0.29) is 5.91 Å². The van der Waals surface area contributed by atoms with Crippen molar-refractivity contribution in [3.8, 4) is 0 Å². The molecule has 0 saturated heterocycles. The molecule has 0 N–H and O–H groups in total. The van der Waals surface area contributed by atoms with Crippen molar-refractivity contribution in [1.82, 2.24) is 19.7 Å². The highest BCUT2D eigenvalue weighted by Gasteiger charge is 2.09. The van der Waals surface area contributed by atoms with Crippen LogP contribution in [0.1, 0.15) is 23.4 Å². The SMILES string of the molecule is CC(=O)n1nc(CN(C)C)nc1C. The van der Waals surface area contributed by atoms with Crippen LogP contribution >= 0.6 is 0 Å². The molecule has 1 aromatic heterocycles. The van der Waals surface area contributed by atoms with Crippen molar-refractivity contribution in [3.63, 3.8) is 0 Å². The van der Waals surface area contributed by atoms with Crippen LogP contribution in [-0.4, -0.2) is 39.7 Å². The van der Waals surface area contributed by atoms with E-state index >= 15 is 0 Å². The smallest absolute Gasteiger partial charge is 0.245 e. The summed E-state index contributed by atoms with van der Waals surface area (Å²) in [6.07, 6.45) is 0. The number of nitrogens with zero attached hydrogens (tertiary/aromatic N) is 4. The third-order valence-corrected chi connectivity index (χ3v) is 1.57. The maximum Gasteiger partial charge on any atom is 0.245 e. The van der Waals surface area contributed by atoms with E-state index in [1.54, 1.807) is 6.92 Å². The number of carbonyl (C=O) groups is 1. The van der Waals surface area contributed by atoms with Crippen LogP contribution in [0.5, 0.6) is 0 Å². The Morgan fingerprint density at radius 3 is 2.54 bits per heavy atom. The van der Waals surface area contributed by atoms with Crippen LogP contribution in [0.3, 0.4) is 0 Å². The molecule has 0 atom stereocenters. The summed E-state index contributed by atoms with van der Waals surface area (Å²) >= 11 is 0. The molecule has 5 nitrogen and oxygen atoms in total. The van der Waals surface area contributed by atoms with Gasteiger partial charge in [0.25, 0.3) is 0 Å². The second kappa shape index (κ2) is 3.66. The molecule has 0 aliphatic heterocycles. The monoisotopic (exact) mass is 182 g/mol. The Bertz CT molecular complexity index is 316. The zero-order valence-corrected chi connectivity index (χ0v) is 8.40. The predicted molar refractivity (Wildman–Crippen MR) is 48.5 cm³/mol. The van der Waals surface area contributed by atoms with E-state index in [1.165, 1.54) is 11.6 Å². The lowest BCUT2D eigenvalue weighted by molar-refractivity contribution is 0.0917. The van der Waals surface area contributed by atoms with Crippen molar-refractivity contribution in [2.45, 2.75) is 20.4 Å². The van der Waals surface area contributed by atoms with E-state index in [1.807, 2.05) is 19.0 Å². The molecule has 1 heterocycles. The molecule has 0 spiro atoms. The highest BCUT2D eigenvalue weighted by Crippen LogP contribution is 1.98. The van der Waals surface area contributed by atoms with Gasteiger partial charge in [-0.2, -0.15) is 4.68 Å². The summed E-state index contributed by atoms with van der Waals surface area (Å²) in [5, 5.41) is 4.06. The van der Waals surface area contributed by atoms with Gasteiger partial charge in [-0.3, -0.25) is 4.79 Å². The zero-order valence-electron chi connectivity index (χ0n) is 8.40. The van der Waals surface area contributed by atoms with Gasteiger partial charge in [0.05, 0.1) is 6.54 Å². The van der Waals surface area contributed by atoms with Crippen molar-refractivity contribution >= 4 is 5.91 Å². The minimum atomic E-state index is -0.102. The summed E-state index contributed by atoms with van der Waals surface area (Å²) in [7, 11) is 3.87. The highest BCUT2D eigenvalue weighted by molar-refractivity contribution is 5.75. The van der Waals surface area contributed by atoms with E-state index in [2.05, 4.69) is 10.1 Å².